The Morgan fingerprint density at radius 2 is 2.25 bits per heavy atom. The Hall–Kier alpha value is -0.970. The molecule has 0 unspecified atom stereocenters. The van der Waals surface area contributed by atoms with E-state index in [1.165, 1.54) is 0 Å². The summed E-state index contributed by atoms with van der Waals surface area (Å²) in [6.45, 7) is 3.54. The van der Waals surface area contributed by atoms with E-state index in [0.717, 1.165) is 37.3 Å². The van der Waals surface area contributed by atoms with E-state index in [-0.39, 0.29) is 0 Å². The van der Waals surface area contributed by atoms with E-state index >= 15 is 0 Å². The van der Waals surface area contributed by atoms with Crippen LogP contribution < -0.4 is 11.1 Å². The SMILES string of the molecule is CN(C)CCCNCc1cc(CN)ccn1. The van der Waals surface area contributed by atoms with E-state index in [1.54, 1.807) is 0 Å². The van der Waals surface area contributed by atoms with E-state index < -0.39 is 0 Å². The molecule has 0 fully saturated rings. The molecule has 16 heavy (non-hydrogen) atoms. The van der Waals surface area contributed by atoms with Crippen LogP contribution >= 0.6 is 0 Å². The predicted molar refractivity (Wildman–Crippen MR) is 67.0 cm³/mol. The molecular formula is C12H22N4. The zero-order valence-corrected chi connectivity index (χ0v) is 10.2. The van der Waals surface area contributed by atoms with Crippen LogP contribution in [0.15, 0.2) is 18.3 Å². The van der Waals surface area contributed by atoms with Crippen molar-refractivity contribution in [1.82, 2.24) is 15.2 Å². The predicted octanol–water partition coefficient (Wildman–Crippen LogP) is 0.582. The van der Waals surface area contributed by atoms with Crippen molar-refractivity contribution in [2.45, 2.75) is 19.5 Å². The van der Waals surface area contributed by atoms with Crippen molar-refractivity contribution in [2.24, 2.45) is 5.73 Å². The number of hydrogen-bond acceptors (Lipinski definition) is 4. The van der Waals surface area contributed by atoms with Gasteiger partial charge in [0, 0.05) is 19.3 Å². The Balaban J connectivity index is 2.21. The number of pyridine rings is 1. The molecule has 1 aromatic rings. The van der Waals surface area contributed by atoms with Crippen molar-refractivity contribution < 1.29 is 0 Å². The van der Waals surface area contributed by atoms with Crippen molar-refractivity contribution in [1.29, 1.82) is 0 Å². The zero-order chi connectivity index (χ0) is 11.8. The van der Waals surface area contributed by atoms with Crippen LogP contribution in [0.2, 0.25) is 0 Å². The molecule has 0 radical (unpaired) electrons. The molecule has 4 nitrogen and oxygen atoms in total. The highest BCUT2D eigenvalue weighted by Crippen LogP contribution is 2.00. The second-order valence-electron chi connectivity index (χ2n) is 4.19. The molecule has 0 aliphatic heterocycles. The molecule has 0 atom stereocenters. The number of nitrogens with one attached hydrogen (secondary N) is 1. The largest absolute Gasteiger partial charge is 0.326 e. The van der Waals surface area contributed by atoms with E-state index in [1.807, 2.05) is 12.3 Å². The van der Waals surface area contributed by atoms with E-state index in [9.17, 15) is 0 Å². The Morgan fingerprint density at radius 1 is 1.44 bits per heavy atom. The fourth-order valence-corrected chi connectivity index (χ4v) is 1.49. The third kappa shape index (κ3) is 5.21. The van der Waals surface area contributed by atoms with Crippen LogP contribution in [0, 0.1) is 0 Å². The number of nitrogens with two attached hydrogens (primary N) is 1. The van der Waals surface area contributed by atoms with Gasteiger partial charge in [0.2, 0.25) is 0 Å². The fourth-order valence-electron chi connectivity index (χ4n) is 1.49. The summed E-state index contributed by atoms with van der Waals surface area (Å²) in [5.74, 6) is 0. The summed E-state index contributed by atoms with van der Waals surface area (Å²) in [7, 11) is 4.18. The Morgan fingerprint density at radius 3 is 2.94 bits per heavy atom. The first-order chi connectivity index (χ1) is 7.72. The summed E-state index contributed by atoms with van der Waals surface area (Å²) in [4.78, 5) is 6.48. The monoisotopic (exact) mass is 222 g/mol. The molecule has 1 aromatic heterocycles. The number of hydrogen-bond donors (Lipinski definition) is 2. The van der Waals surface area contributed by atoms with Crippen molar-refractivity contribution >= 4 is 0 Å². The Bertz CT molecular complexity index is 299. The average Bonchev–Trinajstić information content (AvgIpc) is 2.28. The maximum atomic E-state index is 5.57. The topological polar surface area (TPSA) is 54.2 Å². The molecule has 0 bridgehead atoms. The molecule has 0 aliphatic rings. The summed E-state index contributed by atoms with van der Waals surface area (Å²) in [6, 6.07) is 4.01. The van der Waals surface area contributed by atoms with Crippen LogP contribution in [0.25, 0.3) is 0 Å². The first-order valence-electron chi connectivity index (χ1n) is 5.71. The van der Waals surface area contributed by atoms with Gasteiger partial charge in [-0.15, -0.1) is 0 Å². The molecule has 1 rings (SSSR count). The van der Waals surface area contributed by atoms with Gasteiger partial charge in [-0.3, -0.25) is 4.98 Å². The quantitative estimate of drug-likeness (QED) is 0.663. The molecule has 0 spiro atoms. The summed E-state index contributed by atoms with van der Waals surface area (Å²) in [5.41, 5.74) is 7.78. The van der Waals surface area contributed by atoms with E-state index in [4.69, 9.17) is 5.73 Å². The summed E-state index contributed by atoms with van der Waals surface area (Å²) in [5, 5.41) is 3.38. The van der Waals surface area contributed by atoms with Crippen LogP contribution in [0.5, 0.6) is 0 Å². The maximum absolute atomic E-state index is 5.57. The van der Waals surface area contributed by atoms with Gasteiger partial charge < -0.3 is 16.0 Å². The van der Waals surface area contributed by atoms with Gasteiger partial charge in [-0.1, -0.05) is 0 Å². The van der Waals surface area contributed by atoms with Crippen molar-refractivity contribution in [2.75, 3.05) is 27.2 Å². The van der Waals surface area contributed by atoms with Crippen molar-refractivity contribution in [3.8, 4) is 0 Å². The van der Waals surface area contributed by atoms with Gasteiger partial charge in [0.1, 0.15) is 0 Å². The molecule has 90 valence electrons. The van der Waals surface area contributed by atoms with Gasteiger partial charge in [-0.2, -0.15) is 0 Å². The van der Waals surface area contributed by atoms with Gasteiger partial charge in [0.25, 0.3) is 0 Å². The van der Waals surface area contributed by atoms with Crippen LogP contribution in [0.3, 0.4) is 0 Å². The van der Waals surface area contributed by atoms with Crippen LogP contribution in [-0.4, -0.2) is 37.1 Å². The van der Waals surface area contributed by atoms with Gasteiger partial charge in [-0.05, 0) is 51.3 Å². The second-order valence-corrected chi connectivity index (χ2v) is 4.19. The molecule has 0 aromatic carbocycles. The normalized spacial score (nSPS) is 11.0. The molecule has 0 saturated carbocycles. The number of aromatic nitrogens is 1. The lowest BCUT2D eigenvalue weighted by molar-refractivity contribution is 0.394. The van der Waals surface area contributed by atoms with Gasteiger partial charge in [0.15, 0.2) is 0 Å². The van der Waals surface area contributed by atoms with Crippen LogP contribution in [0.4, 0.5) is 0 Å². The second kappa shape index (κ2) is 7.33. The Kier molecular flexibility index (Phi) is 6.00. The first kappa shape index (κ1) is 13.1. The Labute approximate surface area is 97.9 Å². The molecule has 0 saturated heterocycles. The number of nitrogens with zero attached hydrogens (tertiary/aromatic N) is 2. The molecule has 0 aliphatic carbocycles. The van der Waals surface area contributed by atoms with Gasteiger partial charge in [0.05, 0.1) is 5.69 Å². The molecule has 4 heteroatoms. The maximum Gasteiger partial charge on any atom is 0.0544 e. The third-order valence-electron chi connectivity index (χ3n) is 2.38. The minimum atomic E-state index is 0.580. The fraction of sp³-hybridized carbons (Fsp3) is 0.583. The first-order valence-corrected chi connectivity index (χ1v) is 5.71. The van der Waals surface area contributed by atoms with E-state index in [2.05, 4.69) is 35.4 Å². The lowest BCUT2D eigenvalue weighted by Crippen LogP contribution is -2.21. The van der Waals surface area contributed by atoms with Gasteiger partial charge >= 0.3 is 0 Å². The third-order valence-corrected chi connectivity index (χ3v) is 2.38. The lowest BCUT2D eigenvalue weighted by Gasteiger charge is -2.09. The van der Waals surface area contributed by atoms with Crippen LogP contribution in [0.1, 0.15) is 17.7 Å². The van der Waals surface area contributed by atoms with E-state index in [0.29, 0.717) is 6.54 Å². The molecular weight excluding hydrogens is 200 g/mol. The lowest BCUT2D eigenvalue weighted by atomic mass is 10.2. The summed E-state index contributed by atoms with van der Waals surface area (Å²) < 4.78 is 0. The number of rotatable bonds is 7. The highest BCUT2D eigenvalue weighted by atomic mass is 15.1. The average molecular weight is 222 g/mol. The molecule has 1 heterocycles. The molecule has 3 N–H and O–H groups in total. The van der Waals surface area contributed by atoms with Crippen molar-refractivity contribution in [3.63, 3.8) is 0 Å². The van der Waals surface area contributed by atoms with Crippen molar-refractivity contribution in [3.05, 3.63) is 29.6 Å². The highest BCUT2D eigenvalue weighted by Gasteiger charge is 1.96. The highest BCUT2D eigenvalue weighted by molar-refractivity contribution is 5.15. The zero-order valence-electron chi connectivity index (χ0n) is 10.2. The van der Waals surface area contributed by atoms with Gasteiger partial charge in [-0.25, -0.2) is 0 Å². The standard InChI is InChI=1S/C12H22N4/c1-16(2)7-3-5-14-10-12-8-11(9-13)4-6-15-12/h4,6,8,14H,3,5,7,9-10,13H2,1-2H3. The molecule has 0 amide bonds. The summed E-state index contributed by atoms with van der Waals surface area (Å²) >= 11 is 0. The minimum Gasteiger partial charge on any atom is -0.326 e. The smallest absolute Gasteiger partial charge is 0.0544 e. The minimum absolute atomic E-state index is 0.580. The van der Waals surface area contributed by atoms with Crippen LogP contribution in [-0.2, 0) is 13.1 Å². The summed E-state index contributed by atoms with van der Waals surface area (Å²) in [6.07, 6.45) is 2.97.